The van der Waals surface area contributed by atoms with Gasteiger partial charge in [0.1, 0.15) is 12.1 Å². The number of aromatic nitrogens is 5. The largest absolute Gasteiger partial charge is 0.473 e. The zero-order chi connectivity index (χ0) is 16.6. The van der Waals surface area contributed by atoms with Crippen LogP contribution in [0.4, 0.5) is 4.39 Å². The molecule has 0 spiro atoms. The maximum atomic E-state index is 14.8. The van der Waals surface area contributed by atoms with Crippen LogP contribution in [0, 0.1) is 0 Å². The number of nitrogens with one attached hydrogen (secondary N) is 1. The summed E-state index contributed by atoms with van der Waals surface area (Å²) in [4.78, 5) is 4.55. The van der Waals surface area contributed by atoms with Crippen molar-refractivity contribution in [3.8, 4) is 17.1 Å². The van der Waals surface area contributed by atoms with Crippen molar-refractivity contribution >= 4 is 17.9 Å². The van der Waals surface area contributed by atoms with Crippen LogP contribution in [0.15, 0.2) is 30.9 Å². The van der Waals surface area contributed by atoms with Gasteiger partial charge in [0.15, 0.2) is 5.67 Å². The van der Waals surface area contributed by atoms with Crippen LogP contribution in [-0.2, 0) is 7.05 Å². The highest BCUT2D eigenvalue weighted by molar-refractivity contribution is 5.85. The van der Waals surface area contributed by atoms with Crippen molar-refractivity contribution in [2.75, 3.05) is 19.7 Å². The first-order valence-corrected chi connectivity index (χ1v) is 7.99. The van der Waals surface area contributed by atoms with Crippen molar-refractivity contribution in [3.05, 3.63) is 30.9 Å². The standard InChI is InChI=1S/C16H19FN6O.ClH/c1-22-8-12(7-20-22)13-9-23-14(3-6-19-23)15(21-13)24-11-16(17)4-2-5-18-10-16;/h3,6-9,18H,2,4-5,10-11H2,1H3;1H. The molecule has 9 heteroatoms. The van der Waals surface area contributed by atoms with Crippen LogP contribution < -0.4 is 10.1 Å². The summed E-state index contributed by atoms with van der Waals surface area (Å²) in [6.07, 6.45) is 8.38. The Labute approximate surface area is 150 Å². The quantitative estimate of drug-likeness (QED) is 0.765. The fourth-order valence-corrected chi connectivity index (χ4v) is 2.95. The van der Waals surface area contributed by atoms with Gasteiger partial charge in [-0.2, -0.15) is 10.2 Å². The third-order valence-corrected chi connectivity index (χ3v) is 4.24. The topological polar surface area (TPSA) is 69.3 Å². The van der Waals surface area contributed by atoms with Gasteiger partial charge in [0.2, 0.25) is 5.88 Å². The van der Waals surface area contributed by atoms with Gasteiger partial charge in [-0.15, -0.1) is 12.4 Å². The number of fused-ring (bicyclic) bond motifs is 1. The summed E-state index contributed by atoms with van der Waals surface area (Å²) < 4.78 is 23.9. The maximum absolute atomic E-state index is 14.8. The lowest BCUT2D eigenvalue weighted by molar-refractivity contribution is 0.0579. The molecule has 0 aliphatic carbocycles. The monoisotopic (exact) mass is 366 g/mol. The summed E-state index contributed by atoms with van der Waals surface area (Å²) >= 11 is 0. The molecule has 1 fully saturated rings. The molecule has 0 saturated carbocycles. The number of aryl methyl sites for hydroxylation is 1. The van der Waals surface area contributed by atoms with Crippen LogP contribution >= 0.6 is 12.4 Å². The lowest BCUT2D eigenvalue weighted by Gasteiger charge is -2.29. The molecule has 134 valence electrons. The van der Waals surface area contributed by atoms with Gasteiger partial charge in [0.25, 0.3) is 0 Å². The number of piperidine rings is 1. The van der Waals surface area contributed by atoms with E-state index in [2.05, 4.69) is 20.5 Å². The van der Waals surface area contributed by atoms with Crippen LogP contribution in [0.1, 0.15) is 12.8 Å². The van der Waals surface area contributed by atoms with E-state index in [0.717, 1.165) is 24.0 Å². The number of nitrogens with zero attached hydrogens (tertiary/aromatic N) is 5. The zero-order valence-electron chi connectivity index (χ0n) is 13.9. The molecule has 3 aromatic heterocycles. The molecule has 7 nitrogen and oxygen atoms in total. The zero-order valence-corrected chi connectivity index (χ0v) is 14.7. The van der Waals surface area contributed by atoms with Crippen LogP contribution in [0.2, 0.25) is 0 Å². The molecule has 4 rings (SSSR count). The Balaban J connectivity index is 0.00000182. The van der Waals surface area contributed by atoms with Crippen molar-refractivity contribution in [2.45, 2.75) is 18.5 Å². The van der Waals surface area contributed by atoms with E-state index >= 15 is 0 Å². The van der Waals surface area contributed by atoms with Gasteiger partial charge in [-0.3, -0.25) is 4.68 Å². The smallest absolute Gasteiger partial charge is 0.240 e. The Morgan fingerprint density at radius 2 is 2.24 bits per heavy atom. The number of ether oxygens (including phenoxy) is 1. The Morgan fingerprint density at radius 3 is 2.96 bits per heavy atom. The average molecular weight is 367 g/mol. The molecule has 3 aromatic rings. The Hall–Kier alpha value is -2.19. The molecule has 0 aromatic carbocycles. The summed E-state index contributed by atoms with van der Waals surface area (Å²) in [5, 5.41) is 11.5. The predicted octanol–water partition coefficient (Wildman–Crippen LogP) is 2.02. The number of alkyl halides is 1. The van der Waals surface area contributed by atoms with Crippen molar-refractivity contribution < 1.29 is 9.13 Å². The number of halogens is 2. The number of hydrogen-bond donors (Lipinski definition) is 1. The van der Waals surface area contributed by atoms with Crippen LogP contribution in [0.25, 0.3) is 16.8 Å². The Bertz CT molecular complexity index is 857. The lowest BCUT2D eigenvalue weighted by Crippen LogP contribution is -2.46. The van der Waals surface area contributed by atoms with E-state index in [-0.39, 0.29) is 19.0 Å². The van der Waals surface area contributed by atoms with Gasteiger partial charge < -0.3 is 10.1 Å². The van der Waals surface area contributed by atoms with Gasteiger partial charge in [-0.25, -0.2) is 13.9 Å². The first-order chi connectivity index (χ1) is 11.6. The molecule has 1 aliphatic rings. The van der Waals surface area contributed by atoms with E-state index in [1.165, 1.54) is 0 Å². The molecule has 1 saturated heterocycles. The molecule has 4 heterocycles. The molecule has 1 atom stereocenters. The van der Waals surface area contributed by atoms with Gasteiger partial charge in [-0.05, 0) is 25.5 Å². The molecule has 1 N–H and O–H groups in total. The number of rotatable bonds is 4. The van der Waals surface area contributed by atoms with Crippen molar-refractivity contribution in [2.24, 2.45) is 7.05 Å². The van der Waals surface area contributed by atoms with E-state index in [1.54, 1.807) is 27.7 Å². The summed E-state index contributed by atoms with van der Waals surface area (Å²) in [6, 6.07) is 1.80. The van der Waals surface area contributed by atoms with Crippen LogP contribution in [0.5, 0.6) is 5.88 Å². The second kappa shape index (κ2) is 6.97. The fraction of sp³-hybridized carbons (Fsp3) is 0.438. The van der Waals surface area contributed by atoms with E-state index in [1.807, 2.05) is 19.4 Å². The minimum atomic E-state index is -1.36. The molecule has 0 amide bonds. The predicted molar refractivity (Wildman–Crippen MR) is 93.9 cm³/mol. The Morgan fingerprint density at radius 1 is 1.36 bits per heavy atom. The van der Waals surface area contributed by atoms with Crippen molar-refractivity contribution in [3.63, 3.8) is 0 Å². The summed E-state index contributed by atoms with van der Waals surface area (Å²) in [5.74, 6) is 0.386. The van der Waals surface area contributed by atoms with E-state index < -0.39 is 5.67 Å². The van der Waals surface area contributed by atoms with Crippen LogP contribution in [0.3, 0.4) is 0 Å². The summed E-state index contributed by atoms with van der Waals surface area (Å²) in [7, 11) is 1.84. The SMILES string of the molecule is Cl.Cn1cc(-c2cn3nccc3c(OCC3(F)CCCNC3)n2)cn1. The molecule has 1 aliphatic heterocycles. The second-order valence-corrected chi connectivity index (χ2v) is 6.21. The minimum Gasteiger partial charge on any atom is -0.473 e. The van der Waals surface area contributed by atoms with Crippen LogP contribution in [-0.4, -0.2) is 49.7 Å². The van der Waals surface area contributed by atoms with Gasteiger partial charge in [-0.1, -0.05) is 0 Å². The first kappa shape index (κ1) is 17.6. The van der Waals surface area contributed by atoms with E-state index in [9.17, 15) is 4.39 Å². The minimum absolute atomic E-state index is 0. The maximum Gasteiger partial charge on any atom is 0.240 e. The third-order valence-electron chi connectivity index (χ3n) is 4.24. The molecular weight excluding hydrogens is 347 g/mol. The van der Waals surface area contributed by atoms with Crippen molar-refractivity contribution in [1.29, 1.82) is 0 Å². The molecule has 25 heavy (non-hydrogen) atoms. The van der Waals surface area contributed by atoms with Gasteiger partial charge >= 0.3 is 0 Å². The normalized spacial score (nSPS) is 20.4. The molecular formula is C16H20ClFN6O. The fourth-order valence-electron chi connectivity index (χ4n) is 2.95. The third kappa shape index (κ3) is 3.59. The van der Waals surface area contributed by atoms with Gasteiger partial charge in [0, 0.05) is 25.4 Å². The molecule has 0 bridgehead atoms. The highest BCUT2D eigenvalue weighted by Gasteiger charge is 2.33. The number of hydrogen-bond acceptors (Lipinski definition) is 5. The van der Waals surface area contributed by atoms with Gasteiger partial charge in [0.05, 0.1) is 24.3 Å². The summed E-state index contributed by atoms with van der Waals surface area (Å²) in [6.45, 7) is 1.14. The van der Waals surface area contributed by atoms with Crippen molar-refractivity contribution in [1.82, 2.24) is 29.7 Å². The second-order valence-electron chi connectivity index (χ2n) is 6.21. The van der Waals surface area contributed by atoms with E-state index in [0.29, 0.717) is 24.5 Å². The lowest BCUT2D eigenvalue weighted by atomic mass is 9.97. The first-order valence-electron chi connectivity index (χ1n) is 7.99. The average Bonchev–Trinajstić information content (AvgIpc) is 3.22. The Kier molecular flexibility index (Phi) is 4.91. The highest BCUT2D eigenvalue weighted by atomic mass is 35.5. The highest BCUT2D eigenvalue weighted by Crippen LogP contribution is 2.26. The summed E-state index contributed by atoms with van der Waals surface area (Å²) in [5.41, 5.74) is 0.898. The molecule has 0 radical (unpaired) electrons. The van der Waals surface area contributed by atoms with E-state index in [4.69, 9.17) is 4.74 Å². The molecule has 1 unspecified atom stereocenters.